The van der Waals surface area contributed by atoms with E-state index in [2.05, 4.69) is 51.9 Å². The summed E-state index contributed by atoms with van der Waals surface area (Å²) in [6, 6.07) is 10.5. The van der Waals surface area contributed by atoms with E-state index < -0.39 is 0 Å². The zero-order valence-corrected chi connectivity index (χ0v) is 17.5. The fraction of sp³-hybridized carbons (Fsp3) is 0.280. The highest BCUT2D eigenvalue weighted by Crippen LogP contribution is 2.34. The van der Waals surface area contributed by atoms with Crippen molar-refractivity contribution in [2.24, 2.45) is 0 Å². The zero-order valence-electron chi connectivity index (χ0n) is 17.5. The molecule has 0 unspecified atom stereocenters. The van der Waals surface area contributed by atoms with E-state index in [1.54, 1.807) is 6.20 Å². The van der Waals surface area contributed by atoms with E-state index >= 15 is 0 Å². The molecule has 156 valence electrons. The molecule has 31 heavy (non-hydrogen) atoms. The number of nitrogens with one attached hydrogen (secondary N) is 1. The van der Waals surface area contributed by atoms with Crippen molar-refractivity contribution in [3.05, 3.63) is 71.3 Å². The smallest absolute Gasteiger partial charge is 0.255 e. The first-order chi connectivity index (χ1) is 15.2. The highest BCUT2D eigenvalue weighted by molar-refractivity contribution is 6.01. The number of hydrogen-bond donors (Lipinski definition) is 1. The highest BCUT2D eigenvalue weighted by Gasteiger charge is 2.23. The third-order valence-corrected chi connectivity index (χ3v) is 6.37. The molecule has 6 nitrogen and oxygen atoms in total. The summed E-state index contributed by atoms with van der Waals surface area (Å²) in [7, 11) is 0. The molecule has 6 rings (SSSR count). The summed E-state index contributed by atoms with van der Waals surface area (Å²) in [5, 5.41) is 0.971. The molecule has 0 aliphatic carbocycles. The Kier molecular flexibility index (Phi) is 4.13. The third kappa shape index (κ3) is 3.10. The number of hydrogen-bond acceptors (Lipinski definition) is 3. The first-order valence-corrected chi connectivity index (χ1v) is 10.8. The number of nitrogens with zero attached hydrogens (tertiary/aromatic N) is 3. The van der Waals surface area contributed by atoms with Crippen molar-refractivity contribution in [1.29, 1.82) is 0 Å². The van der Waals surface area contributed by atoms with Crippen LogP contribution < -0.4 is 4.74 Å². The summed E-state index contributed by atoms with van der Waals surface area (Å²) in [4.78, 5) is 23.0. The van der Waals surface area contributed by atoms with Gasteiger partial charge in [0.05, 0.1) is 18.7 Å². The molecule has 4 aromatic rings. The molecule has 6 heteroatoms. The maximum atomic E-state index is 13.3. The summed E-state index contributed by atoms with van der Waals surface area (Å²) >= 11 is 0. The topological polar surface area (TPSA) is 63.2 Å². The number of aryl methyl sites for hydroxylation is 2. The number of fused-ring (bicyclic) bond motifs is 3. The van der Waals surface area contributed by atoms with Gasteiger partial charge in [0.25, 0.3) is 5.91 Å². The lowest BCUT2D eigenvalue weighted by Crippen LogP contribution is -2.37. The van der Waals surface area contributed by atoms with Gasteiger partial charge in [0.1, 0.15) is 11.4 Å². The quantitative estimate of drug-likeness (QED) is 0.533. The van der Waals surface area contributed by atoms with Crippen LogP contribution in [0.4, 0.5) is 0 Å². The van der Waals surface area contributed by atoms with Crippen molar-refractivity contribution >= 4 is 16.9 Å². The lowest BCUT2D eigenvalue weighted by atomic mass is 9.98. The predicted octanol–water partition coefficient (Wildman–Crippen LogP) is 4.32. The molecule has 0 atom stereocenters. The second-order valence-corrected chi connectivity index (χ2v) is 8.53. The molecule has 0 saturated heterocycles. The molecule has 0 bridgehead atoms. The molecule has 3 aromatic heterocycles. The summed E-state index contributed by atoms with van der Waals surface area (Å²) < 4.78 is 8.00. The maximum Gasteiger partial charge on any atom is 0.255 e. The van der Waals surface area contributed by atoms with Crippen LogP contribution in [0.15, 0.2) is 48.9 Å². The number of aromatic amines is 1. The average Bonchev–Trinajstić information content (AvgIpc) is 3.39. The molecular weight excluding hydrogens is 388 g/mol. The van der Waals surface area contributed by atoms with E-state index in [0.717, 1.165) is 53.9 Å². The normalized spacial score (nSPS) is 15.5. The standard InChI is InChI=1S/C25H24N4O2/c1-16-9-20-15-29(7-6-28(20)14-16)25(30)19-11-21-22(13-27-24(21)26-12-19)17-4-5-23-18(10-17)3-2-8-31-23/h4-5,9-14H,2-3,6-8,15H2,1H3,(H,26,27). The van der Waals surface area contributed by atoms with Crippen LogP contribution in [0.1, 0.15) is 33.6 Å². The predicted molar refractivity (Wildman–Crippen MR) is 119 cm³/mol. The number of H-pyrrole nitrogens is 1. The van der Waals surface area contributed by atoms with Crippen molar-refractivity contribution in [2.75, 3.05) is 13.2 Å². The fourth-order valence-corrected chi connectivity index (χ4v) is 4.80. The van der Waals surface area contributed by atoms with Crippen LogP contribution in [0.3, 0.4) is 0 Å². The molecule has 0 spiro atoms. The van der Waals surface area contributed by atoms with Crippen LogP contribution in [-0.2, 0) is 19.5 Å². The summed E-state index contributed by atoms with van der Waals surface area (Å²) in [5.74, 6) is 1.01. The second kappa shape index (κ2) is 7.01. The van der Waals surface area contributed by atoms with Gasteiger partial charge in [0.2, 0.25) is 0 Å². The van der Waals surface area contributed by atoms with Crippen molar-refractivity contribution < 1.29 is 9.53 Å². The minimum Gasteiger partial charge on any atom is -0.493 e. The summed E-state index contributed by atoms with van der Waals surface area (Å²) in [6.07, 6.45) is 7.89. The number of ether oxygens (including phenoxy) is 1. The van der Waals surface area contributed by atoms with Crippen LogP contribution in [0.25, 0.3) is 22.2 Å². The monoisotopic (exact) mass is 412 g/mol. The molecule has 1 aromatic carbocycles. The molecule has 5 heterocycles. The van der Waals surface area contributed by atoms with Gasteiger partial charge < -0.3 is 19.2 Å². The number of carbonyl (C=O) groups excluding carboxylic acids is 1. The Hall–Kier alpha value is -3.54. The van der Waals surface area contributed by atoms with E-state index in [1.165, 1.54) is 16.8 Å². The molecule has 1 amide bonds. The average molecular weight is 412 g/mol. The Bertz CT molecular complexity index is 1320. The number of carbonyl (C=O) groups is 1. The van der Waals surface area contributed by atoms with Crippen molar-refractivity contribution in [1.82, 2.24) is 19.4 Å². The minimum atomic E-state index is 0.0329. The molecule has 1 N–H and O–H groups in total. The highest BCUT2D eigenvalue weighted by atomic mass is 16.5. The van der Waals surface area contributed by atoms with E-state index in [0.29, 0.717) is 18.7 Å². The van der Waals surface area contributed by atoms with Crippen LogP contribution in [0, 0.1) is 6.92 Å². The molecule has 0 fully saturated rings. The van der Waals surface area contributed by atoms with Gasteiger partial charge >= 0.3 is 0 Å². The van der Waals surface area contributed by atoms with E-state index in [-0.39, 0.29) is 5.91 Å². The number of benzene rings is 1. The van der Waals surface area contributed by atoms with E-state index in [9.17, 15) is 4.79 Å². The lowest BCUT2D eigenvalue weighted by Gasteiger charge is -2.28. The van der Waals surface area contributed by atoms with E-state index in [1.807, 2.05) is 17.2 Å². The Morgan fingerprint density at radius 1 is 1.19 bits per heavy atom. The van der Waals surface area contributed by atoms with Crippen LogP contribution in [0.2, 0.25) is 0 Å². The van der Waals surface area contributed by atoms with Gasteiger partial charge in [-0.25, -0.2) is 4.98 Å². The molecule has 0 saturated carbocycles. The molecule has 2 aliphatic heterocycles. The van der Waals surface area contributed by atoms with Crippen molar-refractivity contribution in [3.63, 3.8) is 0 Å². The lowest BCUT2D eigenvalue weighted by molar-refractivity contribution is 0.0711. The maximum absolute atomic E-state index is 13.3. The van der Waals surface area contributed by atoms with Crippen molar-refractivity contribution in [2.45, 2.75) is 32.9 Å². The van der Waals surface area contributed by atoms with Crippen molar-refractivity contribution in [3.8, 4) is 16.9 Å². The van der Waals surface area contributed by atoms with Gasteiger partial charge in [-0.3, -0.25) is 4.79 Å². The first kappa shape index (κ1) is 18.2. The molecule has 2 aliphatic rings. The number of pyridine rings is 1. The Balaban J connectivity index is 1.34. The SMILES string of the molecule is Cc1cc2n(c1)CCN(C(=O)c1cnc3[nH]cc(-c4ccc5c(c4)CCCO5)c3c1)C2. The number of aromatic nitrogens is 3. The number of rotatable bonds is 2. The van der Waals surface area contributed by atoms with Gasteiger partial charge in [-0.05, 0) is 60.7 Å². The fourth-order valence-electron chi connectivity index (χ4n) is 4.80. The van der Waals surface area contributed by atoms with Gasteiger partial charge in [-0.1, -0.05) is 6.07 Å². The Morgan fingerprint density at radius 3 is 3.06 bits per heavy atom. The molecule has 0 radical (unpaired) electrons. The summed E-state index contributed by atoms with van der Waals surface area (Å²) in [5.41, 5.74) is 7.27. The Morgan fingerprint density at radius 2 is 2.13 bits per heavy atom. The minimum absolute atomic E-state index is 0.0329. The summed E-state index contributed by atoms with van der Waals surface area (Å²) in [6.45, 7) is 5.06. The largest absolute Gasteiger partial charge is 0.493 e. The first-order valence-electron chi connectivity index (χ1n) is 10.8. The van der Waals surface area contributed by atoms with Gasteiger partial charge in [-0.2, -0.15) is 0 Å². The molecular formula is C25H24N4O2. The number of amides is 1. The van der Waals surface area contributed by atoms with Gasteiger partial charge in [0, 0.05) is 48.3 Å². The Labute approximate surface area is 180 Å². The van der Waals surface area contributed by atoms with Gasteiger partial charge in [0.15, 0.2) is 0 Å². The van der Waals surface area contributed by atoms with E-state index in [4.69, 9.17) is 4.74 Å². The van der Waals surface area contributed by atoms with Crippen LogP contribution in [-0.4, -0.2) is 38.5 Å². The van der Waals surface area contributed by atoms with Crippen LogP contribution >= 0.6 is 0 Å². The zero-order chi connectivity index (χ0) is 20.9. The van der Waals surface area contributed by atoms with Crippen LogP contribution in [0.5, 0.6) is 5.75 Å². The second-order valence-electron chi connectivity index (χ2n) is 8.53. The third-order valence-electron chi connectivity index (χ3n) is 6.37. The van der Waals surface area contributed by atoms with Gasteiger partial charge in [-0.15, -0.1) is 0 Å².